The van der Waals surface area contributed by atoms with Gasteiger partial charge in [-0.25, -0.2) is 4.79 Å². The van der Waals surface area contributed by atoms with Crippen molar-refractivity contribution in [2.75, 3.05) is 13.2 Å². The maximum atomic E-state index is 11.1. The molecule has 0 aliphatic rings. The lowest BCUT2D eigenvalue weighted by Gasteiger charge is -2.06. The van der Waals surface area contributed by atoms with Crippen molar-refractivity contribution in [3.05, 3.63) is 35.0 Å². The van der Waals surface area contributed by atoms with Crippen LogP contribution in [0, 0.1) is 6.92 Å². The lowest BCUT2D eigenvalue weighted by atomic mass is 10.0. The smallest absolute Gasteiger partial charge is 0.335 e. The van der Waals surface area contributed by atoms with Gasteiger partial charge in [-0.1, -0.05) is 0 Å². The van der Waals surface area contributed by atoms with Crippen molar-refractivity contribution in [3.63, 3.8) is 0 Å². The van der Waals surface area contributed by atoms with Crippen LogP contribution in [0.2, 0.25) is 0 Å². The SMILES string of the molecule is Cc1c(CCCO)c2cc(C(=O)O)ccc2n1CCO. The Kier molecular flexibility index (Phi) is 4.42. The third kappa shape index (κ3) is 2.55. The van der Waals surface area contributed by atoms with Crippen LogP contribution in [0.1, 0.15) is 28.0 Å². The largest absolute Gasteiger partial charge is 0.478 e. The average Bonchev–Trinajstić information content (AvgIpc) is 2.69. The van der Waals surface area contributed by atoms with E-state index in [1.165, 1.54) is 0 Å². The third-order valence-electron chi connectivity index (χ3n) is 3.61. The first-order chi connectivity index (χ1) is 9.60. The van der Waals surface area contributed by atoms with Gasteiger partial charge < -0.3 is 19.9 Å². The highest BCUT2D eigenvalue weighted by molar-refractivity contribution is 5.95. The second kappa shape index (κ2) is 6.07. The zero-order chi connectivity index (χ0) is 14.7. The van der Waals surface area contributed by atoms with E-state index in [0.29, 0.717) is 19.4 Å². The lowest BCUT2D eigenvalue weighted by molar-refractivity contribution is 0.0697. The number of aliphatic hydroxyl groups is 2. The van der Waals surface area contributed by atoms with Crippen molar-refractivity contribution in [3.8, 4) is 0 Å². The van der Waals surface area contributed by atoms with Gasteiger partial charge in [-0.05, 0) is 43.5 Å². The highest BCUT2D eigenvalue weighted by Crippen LogP contribution is 2.28. The number of nitrogens with zero attached hydrogens (tertiary/aromatic N) is 1. The number of carboxylic acids is 1. The zero-order valence-corrected chi connectivity index (χ0v) is 11.5. The molecule has 2 aromatic rings. The number of hydrogen-bond donors (Lipinski definition) is 3. The molecular weight excluding hydrogens is 258 g/mol. The van der Waals surface area contributed by atoms with Gasteiger partial charge in [0.25, 0.3) is 0 Å². The standard InChI is InChI=1S/C15H19NO4/c1-10-12(3-2-7-17)13-9-11(15(19)20)4-5-14(13)16(10)6-8-18/h4-5,9,17-18H,2-3,6-8H2,1H3,(H,19,20). The minimum atomic E-state index is -0.951. The normalized spacial score (nSPS) is 11.2. The van der Waals surface area contributed by atoms with E-state index in [1.54, 1.807) is 18.2 Å². The molecule has 0 atom stereocenters. The van der Waals surface area contributed by atoms with E-state index in [1.807, 2.05) is 11.5 Å². The number of aryl methyl sites for hydroxylation is 1. The molecule has 1 heterocycles. The molecule has 0 bridgehead atoms. The minimum Gasteiger partial charge on any atom is -0.478 e. The Hall–Kier alpha value is -1.85. The Labute approximate surface area is 117 Å². The first-order valence-corrected chi connectivity index (χ1v) is 6.67. The molecule has 0 amide bonds. The maximum absolute atomic E-state index is 11.1. The predicted molar refractivity (Wildman–Crippen MR) is 76.1 cm³/mol. The molecule has 108 valence electrons. The van der Waals surface area contributed by atoms with Gasteiger partial charge in [0, 0.05) is 29.7 Å². The summed E-state index contributed by atoms with van der Waals surface area (Å²) in [4.78, 5) is 11.1. The van der Waals surface area contributed by atoms with Crippen LogP contribution in [0.15, 0.2) is 18.2 Å². The van der Waals surface area contributed by atoms with Crippen molar-refractivity contribution in [1.82, 2.24) is 4.57 Å². The van der Waals surface area contributed by atoms with Crippen LogP contribution in [0.3, 0.4) is 0 Å². The molecule has 0 fully saturated rings. The molecular formula is C15H19NO4. The number of aromatic nitrogens is 1. The molecule has 1 aromatic heterocycles. The fourth-order valence-corrected chi connectivity index (χ4v) is 2.64. The van der Waals surface area contributed by atoms with E-state index >= 15 is 0 Å². The van der Waals surface area contributed by atoms with Crippen molar-refractivity contribution >= 4 is 16.9 Å². The molecule has 0 radical (unpaired) electrons. The van der Waals surface area contributed by atoms with Gasteiger partial charge in [0.05, 0.1) is 12.2 Å². The Morgan fingerprint density at radius 1 is 1.25 bits per heavy atom. The summed E-state index contributed by atoms with van der Waals surface area (Å²) < 4.78 is 1.99. The van der Waals surface area contributed by atoms with E-state index in [4.69, 9.17) is 10.2 Å². The van der Waals surface area contributed by atoms with E-state index in [-0.39, 0.29) is 18.8 Å². The van der Waals surface area contributed by atoms with Crippen LogP contribution in [0.5, 0.6) is 0 Å². The van der Waals surface area contributed by atoms with Gasteiger partial charge in [0.1, 0.15) is 0 Å². The van der Waals surface area contributed by atoms with Crippen LogP contribution >= 0.6 is 0 Å². The first kappa shape index (κ1) is 14.6. The molecule has 0 saturated heterocycles. The molecule has 0 saturated carbocycles. The fraction of sp³-hybridized carbons (Fsp3) is 0.400. The summed E-state index contributed by atoms with van der Waals surface area (Å²) >= 11 is 0. The lowest BCUT2D eigenvalue weighted by Crippen LogP contribution is -2.04. The highest BCUT2D eigenvalue weighted by Gasteiger charge is 2.15. The van der Waals surface area contributed by atoms with E-state index < -0.39 is 5.97 Å². The molecule has 20 heavy (non-hydrogen) atoms. The second-order valence-corrected chi connectivity index (χ2v) is 4.80. The monoisotopic (exact) mass is 277 g/mol. The maximum Gasteiger partial charge on any atom is 0.335 e. The van der Waals surface area contributed by atoms with Gasteiger partial charge in [0.15, 0.2) is 0 Å². The van der Waals surface area contributed by atoms with Crippen molar-refractivity contribution in [2.24, 2.45) is 0 Å². The van der Waals surface area contributed by atoms with Crippen LogP contribution in [-0.4, -0.2) is 39.1 Å². The minimum absolute atomic E-state index is 0.0325. The van der Waals surface area contributed by atoms with Crippen LogP contribution in [-0.2, 0) is 13.0 Å². The highest BCUT2D eigenvalue weighted by atomic mass is 16.4. The van der Waals surface area contributed by atoms with Gasteiger partial charge in [0.2, 0.25) is 0 Å². The summed E-state index contributed by atoms with van der Waals surface area (Å²) in [6, 6.07) is 5.03. The Bertz CT molecular complexity index is 630. The Morgan fingerprint density at radius 2 is 2.00 bits per heavy atom. The molecule has 1 aromatic carbocycles. The second-order valence-electron chi connectivity index (χ2n) is 4.80. The molecule has 5 nitrogen and oxygen atoms in total. The molecule has 0 unspecified atom stereocenters. The van der Waals surface area contributed by atoms with Crippen LogP contribution in [0.4, 0.5) is 0 Å². The molecule has 5 heteroatoms. The van der Waals surface area contributed by atoms with Gasteiger partial charge in [-0.2, -0.15) is 0 Å². The fourth-order valence-electron chi connectivity index (χ4n) is 2.64. The number of benzene rings is 1. The number of hydrogen-bond acceptors (Lipinski definition) is 3. The number of aromatic carboxylic acids is 1. The molecule has 2 rings (SSSR count). The first-order valence-electron chi connectivity index (χ1n) is 6.67. The summed E-state index contributed by atoms with van der Waals surface area (Å²) in [5.41, 5.74) is 3.24. The number of rotatable bonds is 6. The summed E-state index contributed by atoms with van der Waals surface area (Å²) in [6.07, 6.45) is 1.33. The van der Waals surface area contributed by atoms with E-state index in [2.05, 4.69) is 0 Å². The van der Waals surface area contributed by atoms with Gasteiger partial charge >= 0.3 is 5.97 Å². The Balaban J connectivity index is 2.63. The summed E-state index contributed by atoms with van der Waals surface area (Å²) in [6.45, 7) is 2.58. The molecule has 0 spiro atoms. The quantitative estimate of drug-likeness (QED) is 0.748. The van der Waals surface area contributed by atoms with Crippen molar-refractivity contribution < 1.29 is 20.1 Å². The number of carboxylic acid groups (broad SMARTS) is 1. The van der Waals surface area contributed by atoms with E-state index in [0.717, 1.165) is 22.2 Å². The average molecular weight is 277 g/mol. The number of fused-ring (bicyclic) bond motifs is 1. The number of aliphatic hydroxyl groups excluding tert-OH is 2. The van der Waals surface area contributed by atoms with Crippen molar-refractivity contribution in [1.29, 1.82) is 0 Å². The van der Waals surface area contributed by atoms with Gasteiger partial charge in [-0.15, -0.1) is 0 Å². The number of carbonyl (C=O) groups is 1. The Morgan fingerprint density at radius 3 is 2.60 bits per heavy atom. The summed E-state index contributed by atoms with van der Waals surface area (Å²) in [5, 5.41) is 28.2. The van der Waals surface area contributed by atoms with Gasteiger partial charge in [-0.3, -0.25) is 0 Å². The summed E-state index contributed by atoms with van der Waals surface area (Å²) in [5.74, 6) is -0.951. The third-order valence-corrected chi connectivity index (χ3v) is 3.61. The predicted octanol–water partition coefficient (Wildman–Crippen LogP) is 1.57. The zero-order valence-electron chi connectivity index (χ0n) is 11.5. The molecule has 3 N–H and O–H groups in total. The van der Waals surface area contributed by atoms with E-state index in [9.17, 15) is 9.90 Å². The molecule has 0 aliphatic carbocycles. The topological polar surface area (TPSA) is 82.7 Å². The summed E-state index contributed by atoms with van der Waals surface area (Å²) in [7, 11) is 0. The van der Waals surface area contributed by atoms with Crippen LogP contribution < -0.4 is 0 Å². The van der Waals surface area contributed by atoms with Crippen molar-refractivity contribution in [2.45, 2.75) is 26.3 Å². The van der Waals surface area contributed by atoms with Crippen LogP contribution in [0.25, 0.3) is 10.9 Å². The molecule has 0 aliphatic heterocycles.